The summed E-state index contributed by atoms with van der Waals surface area (Å²) in [4.78, 5) is 7.57. The van der Waals surface area contributed by atoms with E-state index >= 15 is 0 Å². The number of aromatic nitrogens is 7. The van der Waals surface area contributed by atoms with Gasteiger partial charge in [0.2, 0.25) is 12.5 Å². The molecule has 9 rings (SSSR count). The van der Waals surface area contributed by atoms with Gasteiger partial charge in [-0.3, -0.25) is 0 Å². The van der Waals surface area contributed by atoms with E-state index in [0.717, 1.165) is 69.8 Å². The van der Waals surface area contributed by atoms with E-state index in [1.54, 1.807) is 14.2 Å². The number of halogens is 4. The number of nitrogens with zero attached hydrogens (tertiary/aromatic N) is 7. The Balaban J connectivity index is 0.000000183. The van der Waals surface area contributed by atoms with Crippen LogP contribution >= 0.6 is 15.9 Å². The molecule has 0 saturated heterocycles. The average Bonchev–Trinajstić information content (AvgIpc) is 3.99. The standard InChI is InChI=1S/C27H23BrNO4.C13H12F2N6O.BrH/c1-30-23-8-7-19-21(11-16-3-5-18(28)6-4-16)26-20-13-25-24(32-15-33-25)12-17(20)9-10-29(26)14-22(19)27(23)31-2;14-10-1-2-11(12(15)3-10)13(22,4-20-8-16-6-18-20)5-21-9-17-7-19-21;/h3-8,12-14H,9-11,15H2,1-2H3;1-3,6-9,22H,4-5H2;1H/q+1;;/p-1. The molecule has 56 heavy (non-hydrogen) atoms. The normalized spacial score (nSPS) is 12.6. The summed E-state index contributed by atoms with van der Waals surface area (Å²) >= 11 is 3.56. The summed E-state index contributed by atoms with van der Waals surface area (Å²) < 4.78 is 56.2. The van der Waals surface area contributed by atoms with E-state index in [1.807, 2.05) is 6.07 Å². The van der Waals surface area contributed by atoms with Crippen molar-refractivity contribution in [2.24, 2.45) is 0 Å². The Morgan fingerprint density at radius 3 is 2.20 bits per heavy atom. The van der Waals surface area contributed by atoms with E-state index in [1.165, 1.54) is 68.7 Å². The Hall–Kier alpha value is -5.45. The van der Waals surface area contributed by atoms with Gasteiger partial charge in [-0.1, -0.05) is 34.1 Å². The molecule has 288 valence electrons. The predicted octanol–water partition coefficient (Wildman–Crippen LogP) is 3.19. The second kappa shape index (κ2) is 16.3. The summed E-state index contributed by atoms with van der Waals surface area (Å²) in [6.07, 6.45) is 9.32. The van der Waals surface area contributed by atoms with E-state index in [0.29, 0.717) is 0 Å². The number of pyridine rings is 1. The number of fused-ring (bicyclic) bond motifs is 5. The molecule has 0 spiro atoms. The van der Waals surface area contributed by atoms with Crippen molar-refractivity contribution in [2.75, 3.05) is 21.0 Å². The van der Waals surface area contributed by atoms with Crippen molar-refractivity contribution in [2.45, 2.75) is 38.1 Å². The molecule has 0 aliphatic carbocycles. The van der Waals surface area contributed by atoms with Gasteiger partial charge in [-0.15, -0.1) is 0 Å². The molecule has 0 unspecified atom stereocenters. The van der Waals surface area contributed by atoms with Gasteiger partial charge in [-0.2, -0.15) is 14.8 Å². The van der Waals surface area contributed by atoms with Gasteiger partial charge in [0.1, 0.15) is 42.5 Å². The van der Waals surface area contributed by atoms with Crippen molar-refractivity contribution in [1.82, 2.24) is 29.5 Å². The van der Waals surface area contributed by atoms with E-state index < -0.39 is 17.2 Å². The highest BCUT2D eigenvalue weighted by molar-refractivity contribution is 9.10. The predicted molar refractivity (Wildman–Crippen MR) is 200 cm³/mol. The van der Waals surface area contributed by atoms with Crippen molar-refractivity contribution in [3.8, 4) is 34.3 Å². The van der Waals surface area contributed by atoms with Crippen LogP contribution in [0.15, 0.2) is 103 Å². The quantitative estimate of drug-likeness (QED) is 0.218. The van der Waals surface area contributed by atoms with Gasteiger partial charge < -0.3 is 41.0 Å². The van der Waals surface area contributed by atoms with Crippen molar-refractivity contribution in [1.29, 1.82) is 0 Å². The molecule has 0 fully saturated rings. The minimum atomic E-state index is -1.70. The fourth-order valence-electron chi connectivity index (χ4n) is 7.25. The zero-order chi connectivity index (χ0) is 38.1. The highest BCUT2D eigenvalue weighted by Gasteiger charge is 2.35. The fraction of sp³-hybridized carbons (Fsp3) is 0.225. The molecule has 0 saturated carbocycles. The summed E-state index contributed by atoms with van der Waals surface area (Å²) in [5, 5.41) is 21.0. The Morgan fingerprint density at radius 2 is 1.57 bits per heavy atom. The van der Waals surface area contributed by atoms with Gasteiger partial charge in [0.25, 0.3) is 0 Å². The van der Waals surface area contributed by atoms with Crippen molar-refractivity contribution >= 4 is 26.7 Å². The molecule has 5 heterocycles. The highest BCUT2D eigenvalue weighted by atomic mass is 79.9. The minimum absolute atomic E-state index is 0. The van der Waals surface area contributed by atoms with E-state index in [4.69, 9.17) is 18.9 Å². The Morgan fingerprint density at radius 1 is 0.875 bits per heavy atom. The first-order chi connectivity index (χ1) is 26.7. The van der Waals surface area contributed by atoms with Gasteiger partial charge in [0.15, 0.2) is 35.7 Å². The summed E-state index contributed by atoms with van der Waals surface area (Å²) in [5.41, 5.74) is 4.47. The van der Waals surface area contributed by atoms with Gasteiger partial charge in [0, 0.05) is 39.9 Å². The van der Waals surface area contributed by atoms with Crippen LogP contribution in [0.1, 0.15) is 22.3 Å². The van der Waals surface area contributed by atoms with Gasteiger partial charge in [0.05, 0.1) is 38.3 Å². The van der Waals surface area contributed by atoms with Crippen LogP contribution in [0.2, 0.25) is 0 Å². The van der Waals surface area contributed by atoms with Crippen LogP contribution in [0.25, 0.3) is 22.0 Å². The minimum Gasteiger partial charge on any atom is -1.00 e. The maximum absolute atomic E-state index is 14.1. The lowest BCUT2D eigenvalue weighted by Gasteiger charge is -2.28. The molecule has 0 atom stereocenters. The molecule has 0 bridgehead atoms. The second-order valence-electron chi connectivity index (χ2n) is 13.2. The summed E-state index contributed by atoms with van der Waals surface area (Å²) in [7, 11) is 3.38. The Bertz CT molecular complexity index is 2450. The smallest absolute Gasteiger partial charge is 0.231 e. The molecule has 3 aromatic heterocycles. The van der Waals surface area contributed by atoms with E-state index in [2.05, 4.69) is 89.3 Å². The third-order valence-corrected chi connectivity index (χ3v) is 10.3. The first-order valence-corrected chi connectivity index (χ1v) is 18.1. The number of aryl methyl sites for hydroxylation is 2. The number of rotatable bonds is 9. The molecular weight excluding hydrogens is 856 g/mol. The van der Waals surface area contributed by atoms with E-state index in [9.17, 15) is 13.9 Å². The lowest BCUT2D eigenvalue weighted by molar-refractivity contribution is -0.686. The molecule has 0 radical (unpaired) electrons. The van der Waals surface area contributed by atoms with Gasteiger partial charge >= 0.3 is 0 Å². The number of hydrogen-bond acceptors (Lipinski definition) is 9. The lowest BCUT2D eigenvalue weighted by atomic mass is 9.88. The first kappa shape index (κ1) is 38.8. The molecule has 2 aliphatic heterocycles. The zero-order valence-electron chi connectivity index (χ0n) is 30.2. The maximum Gasteiger partial charge on any atom is 0.231 e. The number of methoxy groups -OCH3 is 2. The Labute approximate surface area is 339 Å². The van der Waals surface area contributed by atoms with Crippen molar-refractivity contribution < 1.29 is 54.4 Å². The van der Waals surface area contributed by atoms with Crippen LogP contribution in [0.5, 0.6) is 23.0 Å². The Kier molecular flexibility index (Phi) is 11.3. The molecule has 4 aromatic carbocycles. The lowest BCUT2D eigenvalue weighted by Crippen LogP contribution is -3.00. The van der Waals surface area contributed by atoms with Crippen molar-refractivity contribution in [3.63, 3.8) is 0 Å². The van der Waals surface area contributed by atoms with Crippen LogP contribution < -0.4 is 40.5 Å². The molecule has 1 N–H and O–H groups in total. The largest absolute Gasteiger partial charge is 1.00 e. The van der Waals surface area contributed by atoms with E-state index in [-0.39, 0.29) is 42.4 Å². The summed E-state index contributed by atoms with van der Waals surface area (Å²) in [6, 6.07) is 20.0. The molecule has 16 heteroatoms. The number of aliphatic hydroxyl groups is 1. The van der Waals surface area contributed by atoms with Crippen LogP contribution in [-0.4, -0.2) is 55.6 Å². The number of benzene rings is 4. The second-order valence-corrected chi connectivity index (χ2v) is 14.1. The third kappa shape index (κ3) is 7.68. The molecule has 0 amide bonds. The van der Waals surface area contributed by atoms with Gasteiger partial charge in [-0.25, -0.2) is 28.1 Å². The first-order valence-electron chi connectivity index (χ1n) is 17.3. The van der Waals surface area contributed by atoms with Crippen LogP contribution in [0.3, 0.4) is 0 Å². The fourth-order valence-corrected chi connectivity index (χ4v) is 7.51. The summed E-state index contributed by atoms with van der Waals surface area (Å²) in [6.45, 7) is 1.01. The maximum atomic E-state index is 14.1. The van der Waals surface area contributed by atoms with Crippen LogP contribution in [0, 0.1) is 11.6 Å². The third-order valence-electron chi connectivity index (χ3n) is 9.75. The monoisotopic (exact) mass is 889 g/mol. The molecule has 7 aromatic rings. The molecule has 12 nitrogen and oxygen atoms in total. The molecular formula is C40H35Br2F2N7O5. The zero-order valence-corrected chi connectivity index (χ0v) is 33.4. The van der Waals surface area contributed by atoms with Gasteiger partial charge in [-0.05, 0) is 53.6 Å². The SMILES string of the molecule is COc1ccc2c(Cc3ccc(Br)cc3)c3[n+](cc2c1OC)CCc1cc2c(cc1-3)OCO2.OC(Cn1cncn1)(Cn1cncn1)c1ccc(F)cc1F.[Br-]. The average molecular weight is 892 g/mol. The topological polar surface area (TPSA) is 122 Å². The summed E-state index contributed by atoms with van der Waals surface area (Å²) in [5.74, 6) is 1.58. The van der Waals surface area contributed by atoms with Crippen LogP contribution in [0.4, 0.5) is 8.78 Å². The highest BCUT2D eigenvalue weighted by Crippen LogP contribution is 2.44. The molecule has 2 aliphatic rings. The number of ether oxygens (including phenoxy) is 4. The van der Waals surface area contributed by atoms with Crippen LogP contribution in [-0.2, 0) is 38.1 Å². The van der Waals surface area contributed by atoms with Crippen molar-refractivity contribution in [3.05, 3.63) is 137 Å². The number of hydrogen-bond donors (Lipinski definition) is 1.